The zero-order chi connectivity index (χ0) is 14.2. The molecule has 5 heteroatoms. The summed E-state index contributed by atoms with van der Waals surface area (Å²) in [4.78, 5) is 18.9. The Morgan fingerprint density at radius 1 is 1.20 bits per heavy atom. The van der Waals surface area contributed by atoms with Crippen LogP contribution in [0.4, 0.5) is 0 Å². The van der Waals surface area contributed by atoms with Gasteiger partial charge < -0.3 is 9.47 Å². The summed E-state index contributed by atoms with van der Waals surface area (Å²) in [6, 6.07) is 9.20. The summed E-state index contributed by atoms with van der Waals surface area (Å²) in [7, 11) is 1.33. The smallest absolute Gasteiger partial charge is 0.343 e. The highest BCUT2D eigenvalue weighted by atomic mass is 16.6. The predicted octanol–water partition coefficient (Wildman–Crippen LogP) is 2.20. The highest BCUT2D eigenvalue weighted by Crippen LogP contribution is 2.14. The van der Waals surface area contributed by atoms with Gasteiger partial charge in [-0.2, -0.15) is 0 Å². The van der Waals surface area contributed by atoms with E-state index in [4.69, 9.17) is 4.74 Å². The lowest BCUT2D eigenvalue weighted by molar-refractivity contribution is -0.142. The Labute approximate surface area is 116 Å². The van der Waals surface area contributed by atoms with E-state index in [-0.39, 0.29) is 6.61 Å². The number of ether oxygens (including phenoxy) is 2. The van der Waals surface area contributed by atoms with Crippen LogP contribution < -0.4 is 4.74 Å². The second-order valence-electron chi connectivity index (χ2n) is 3.90. The fraction of sp³-hybridized carbons (Fsp3) is 0.133. The third kappa shape index (κ3) is 4.20. The molecule has 0 spiro atoms. The average Bonchev–Trinajstić information content (AvgIpc) is 2.52. The van der Waals surface area contributed by atoms with E-state index in [9.17, 15) is 4.79 Å². The molecule has 0 N–H and O–H groups in total. The molecule has 0 saturated carbocycles. The molecule has 20 heavy (non-hydrogen) atoms. The summed E-state index contributed by atoms with van der Waals surface area (Å²) < 4.78 is 9.75. The number of esters is 1. The number of benzene rings is 1. The van der Waals surface area contributed by atoms with Gasteiger partial charge in [-0.1, -0.05) is 18.2 Å². The molecule has 2 aromatic rings. The lowest BCUT2D eigenvalue weighted by Crippen LogP contribution is -2.12. The molecule has 2 rings (SSSR count). The summed E-state index contributed by atoms with van der Waals surface area (Å²) in [5.74, 6) is 0.215. The molecular weight excluding hydrogens is 256 g/mol. The minimum Gasteiger partial charge on any atom is -0.482 e. The molecule has 0 radical (unpaired) electrons. The minimum absolute atomic E-state index is 0.0907. The highest BCUT2D eigenvalue weighted by molar-refractivity contribution is 5.71. The van der Waals surface area contributed by atoms with Crippen molar-refractivity contribution in [3.8, 4) is 5.75 Å². The van der Waals surface area contributed by atoms with Gasteiger partial charge in [-0.15, -0.1) is 0 Å². The van der Waals surface area contributed by atoms with Crippen molar-refractivity contribution in [1.82, 2.24) is 9.97 Å². The van der Waals surface area contributed by atoms with Crippen molar-refractivity contribution in [3.05, 3.63) is 54.1 Å². The van der Waals surface area contributed by atoms with Crippen molar-refractivity contribution in [2.45, 2.75) is 0 Å². The van der Waals surface area contributed by atoms with Crippen molar-refractivity contribution in [2.75, 3.05) is 13.7 Å². The molecule has 1 aromatic heterocycles. The molecule has 102 valence electrons. The Kier molecular flexibility index (Phi) is 4.83. The summed E-state index contributed by atoms with van der Waals surface area (Å²) >= 11 is 0. The van der Waals surface area contributed by atoms with Crippen molar-refractivity contribution < 1.29 is 14.3 Å². The van der Waals surface area contributed by atoms with Crippen molar-refractivity contribution in [2.24, 2.45) is 0 Å². The molecular formula is C15H14N2O3. The molecule has 0 aliphatic heterocycles. The zero-order valence-corrected chi connectivity index (χ0v) is 11.0. The van der Waals surface area contributed by atoms with Gasteiger partial charge in [0.15, 0.2) is 6.61 Å². The van der Waals surface area contributed by atoms with Crippen molar-refractivity contribution >= 4 is 18.1 Å². The Balaban J connectivity index is 1.95. The number of aromatic nitrogens is 2. The van der Waals surface area contributed by atoms with Gasteiger partial charge in [-0.3, -0.25) is 0 Å². The molecule has 0 atom stereocenters. The van der Waals surface area contributed by atoms with Crippen LogP contribution in [-0.4, -0.2) is 29.7 Å². The molecule has 5 nitrogen and oxygen atoms in total. The number of hydrogen-bond acceptors (Lipinski definition) is 5. The lowest BCUT2D eigenvalue weighted by atomic mass is 10.2. The van der Waals surface area contributed by atoms with E-state index in [1.165, 1.54) is 13.4 Å². The molecule has 1 aromatic carbocycles. The summed E-state index contributed by atoms with van der Waals surface area (Å²) in [6.45, 7) is -0.0907. The maximum absolute atomic E-state index is 10.9. The van der Waals surface area contributed by atoms with Gasteiger partial charge in [0.1, 0.15) is 12.1 Å². The second-order valence-corrected chi connectivity index (χ2v) is 3.90. The fourth-order valence-corrected chi connectivity index (χ4v) is 1.46. The SMILES string of the molecule is COC(=O)COc1ccc(/C=C/c2ccncn2)cc1. The highest BCUT2D eigenvalue weighted by Gasteiger charge is 2.00. The van der Waals surface area contributed by atoms with Crippen molar-refractivity contribution in [1.29, 1.82) is 0 Å². The van der Waals surface area contributed by atoms with E-state index < -0.39 is 5.97 Å². The first-order valence-electron chi connectivity index (χ1n) is 6.02. The van der Waals surface area contributed by atoms with Crippen LogP contribution in [-0.2, 0) is 9.53 Å². The fourth-order valence-electron chi connectivity index (χ4n) is 1.46. The summed E-state index contributed by atoms with van der Waals surface area (Å²) in [5.41, 5.74) is 1.85. The quantitative estimate of drug-likeness (QED) is 0.779. The maximum Gasteiger partial charge on any atom is 0.343 e. The summed E-state index contributed by atoms with van der Waals surface area (Å²) in [5, 5.41) is 0. The van der Waals surface area contributed by atoms with Gasteiger partial charge in [0.05, 0.1) is 12.8 Å². The topological polar surface area (TPSA) is 61.3 Å². The normalized spacial score (nSPS) is 10.4. The largest absolute Gasteiger partial charge is 0.482 e. The Bertz CT molecular complexity index is 580. The number of nitrogens with zero attached hydrogens (tertiary/aromatic N) is 2. The first-order chi connectivity index (χ1) is 9.78. The average molecular weight is 270 g/mol. The van der Waals surface area contributed by atoms with E-state index in [1.54, 1.807) is 18.3 Å². The molecule has 0 bridgehead atoms. The molecule has 0 unspecified atom stereocenters. The minimum atomic E-state index is -0.405. The van der Waals surface area contributed by atoms with Crippen LogP contribution in [0.3, 0.4) is 0 Å². The van der Waals surface area contributed by atoms with Gasteiger partial charge >= 0.3 is 5.97 Å². The van der Waals surface area contributed by atoms with Crippen LogP contribution in [0.2, 0.25) is 0 Å². The van der Waals surface area contributed by atoms with E-state index >= 15 is 0 Å². The van der Waals surface area contributed by atoms with E-state index in [0.29, 0.717) is 5.75 Å². The number of rotatable bonds is 5. The molecule has 0 saturated heterocycles. The molecule has 0 aliphatic rings. The Hall–Kier alpha value is -2.69. The van der Waals surface area contributed by atoms with Gasteiger partial charge in [-0.25, -0.2) is 14.8 Å². The number of methoxy groups -OCH3 is 1. The Morgan fingerprint density at radius 3 is 2.65 bits per heavy atom. The summed E-state index contributed by atoms with van der Waals surface area (Å²) in [6.07, 6.45) is 7.03. The van der Waals surface area contributed by atoms with Crippen LogP contribution in [0.25, 0.3) is 12.2 Å². The van der Waals surface area contributed by atoms with Crippen molar-refractivity contribution in [3.63, 3.8) is 0 Å². The van der Waals surface area contributed by atoms with Gasteiger partial charge in [0, 0.05) is 6.20 Å². The maximum atomic E-state index is 10.9. The van der Waals surface area contributed by atoms with Gasteiger partial charge in [0.25, 0.3) is 0 Å². The van der Waals surface area contributed by atoms with E-state index in [2.05, 4.69) is 14.7 Å². The Morgan fingerprint density at radius 2 is 2.00 bits per heavy atom. The number of carbonyl (C=O) groups is 1. The van der Waals surface area contributed by atoms with Crippen LogP contribution >= 0.6 is 0 Å². The zero-order valence-electron chi connectivity index (χ0n) is 11.0. The van der Waals surface area contributed by atoms with Crippen LogP contribution in [0.15, 0.2) is 42.9 Å². The first-order valence-corrected chi connectivity index (χ1v) is 6.02. The molecule has 1 heterocycles. The van der Waals surface area contributed by atoms with Gasteiger partial charge in [0.2, 0.25) is 0 Å². The molecule has 0 fully saturated rings. The second kappa shape index (κ2) is 7.04. The van der Waals surface area contributed by atoms with Gasteiger partial charge in [-0.05, 0) is 29.8 Å². The van der Waals surface area contributed by atoms with E-state index in [0.717, 1.165) is 11.3 Å². The standard InChI is InChI=1S/C15H14N2O3/c1-19-15(18)10-20-14-6-3-12(4-7-14)2-5-13-8-9-16-11-17-13/h2-9,11H,10H2,1H3/b5-2+. The van der Waals surface area contributed by atoms with E-state index in [1.807, 2.05) is 30.4 Å². The monoisotopic (exact) mass is 270 g/mol. The molecule has 0 aliphatic carbocycles. The molecule has 0 amide bonds. The van der Waals surface area contributed by atoms with Crippen LogP contribution in [0.5, 0.6) is 5.75 Å². The number of carbonyl (C=O) groups excluding carboxylic acids is 1. The lowest BCUT2D eigenvalue weighted by Gasteiger charge is -2.04. The van der Waals surface area contributed by atoms with Crippen LogP contribution in [0, 0.1) is 0 Å². The number of hydrogen-bond donors (Lipinski definition) is 0. The van der Waals surface area contributed by atoms with Crippen LogP contribution in [0.1, 0.15) is 11.3 Å². The third-order valence-electron chi connectivity index (χ3n) is 2.52. The third-order valence-corrected chi connectivity index (χ3v) is 2.52. The first kappa shape index (κ1) is 13.7. The predicted molar refractivity (Wildman–Crippen MR) is 74.9 cm³/mol.